The van der Waals surface area contributed by atoms with Crippen LogP contribution in [0.4, 0.5) is 5.69 Å². The molecule has 0 saturated carbocycles. The van der Waals surface area contributed by atoms with Crippen molar-refractivity contribution in [1.82, 2.24) is 10.4 Å². The van der Waals surface area contributed by atoms with E-state index in [0.717, 1.165) is 5.01 Å². The number of nitro groups is 1. The number of hydrogen-bond acceptors (Lipinski definition) is 8. The Morgan fingerprint density at radius 2 is 1.82 bits per heavy atom. The zero-order valence-electron chi connectivity index (χ0n) is 17.8. The first-order valence-corrected chi connectivity index (χ1v) is 9.94. The van der Waals surface area contributed by atoms with Crippen molar-refractivity contribution in [2.75, 3.05) is 13.7 Å². The van der Waals surface area contributed by atoms with E-state index in [1.165, 1.54) is 38.3 Å². The second-order valence-corrected chi connectivity index (χ2v) is 7.29. The number of ether oxygens (including phenoxy) is 2. The zero-order valence-corrected chi connectivity index (χ0v) is 17.8. The summed E-state index contributed by atoms with van der Waals surface area (Å²) in [4.78, 5) is 60.1. The summed E-state index contributed by atoms with van der Waals surface area (Å²) < 4.78 is 10.3. The quantitative estimate of drug-likeness (QED) is 0.275. The Hall–Kier alpha value is -4.28. The molecule has 1 heterocycles. The molecule has 1 saturated heterocycles. The Morgan fingerprint density at radius 1 is 1.15 bits per heavy atom. The summed E-state index contributed by atoms with van der Waals surface area (Å²) in [5, 5.41) is 12.0. The van der Waals surface area contributed by atoms with Gasteiger partial charge in [0.25, 0.3) is 11.6 Å². The number of ketones is 1. The highest BCUT2D eigenvalue weighted by Gasteiger charge is 2.38. The van der Waals surface area contributed by atoms with Gasteiger partial charge >= 0.3 is 5.97 Å². The lowest BCUT2D eigenvalue weighted by Crippen LogP contribution is -2.43. The largest absolute Gasteiger partial charge is 0.497 e. The van der Waals surface area contributed by atoms with Crippen LogP contribution in [-0.4, -0.2) is 53.3 Å². The van der Waals surface area contributed by atoms with Gasteiger partial charge in [-0.05, 0) is 37.3 Å². The normalized spacial score (nSPS) is 16.1. The van der Waals surface area contributed by atoms with Gasteiger partial charge in [-0.1, -0.05) is 12.1 Å². The lowest BCUT2D eigenvalue weighted by Gasteiger charge is -2.18. The molecule has 2 atom stereocenters. The number of para-hydroxylation sites is 1. The number of nitrogens with one attached hydrogen (secondary N) is 1. The molecule has 0 spiro atoms. The fourth-order valence-corrected chi connectivity index (χ4v) is 3.30. The molecule has 3 rings (SSSR count). The lowest BCUT2D eigenvalue weighted by atomic mass is 10.1. The predicted molar refractivity (Wildman–Crippen MR) is 113 cm³/mol. The number of carbonyl (C=O) groups is 4. The number of amides is 2. The van der Waals surface area contributed by atoms with Gasteiger partial charge in [0.2, 0.25) is 11.7 Å². The number of hydrazine groups is 1. The maximum absolute atomic E-state index is 12.5. The van der Waals surface area contributed by atoms with Gasteiger partial charge in [-0.2, -0.15) is 0 Å². The van der Waals surface area contributed by atoms with Crippen LogP contribution in [0, 0.1) is 16.0 Å². The molecule has 172 valence electrons. The number of esters is 1. The Kier molecular flexibility index (Phi) is 7.01. The number of Topliss-reactive ketones (excluding diaryl/α,β-unsaturated/α-hetero) is 1. The van der Waals surface area contributed by atoms with E-state index in [4.69, 9.17) is 9.47 Å². The molecule has 0 bridgehead atoms. The molecule has 11 nitrogen and oxygen atoms in total. The number of hydrogen-bond donors (Lipinski definition) is 1. The highest BCUT2D eigenvalue weighted by atomic mass is 16.6. The molecule has 2 aromatic carbocycles. The van der Waals surface area contributed by atoms with Gasteiger partial charge in [0.05, 0.1) is 24.5 Å². The number of rotatable bonds is 8. The molecule has 0 unspecified atom stereocenters. The van der Waals surface area contributed by atoms with Gasteiger partial charge in [0.15, 0.2) is 6.10 Å². The standard InChI is InChI=1S/C22H21N3O8/c1-13(20(27)14-7-9-16(32-2)10-8-14)33-22(29)15-11-19(26)24(12-15)23-21(28)17-5-3-4-6-18(17)25(30)31/h3-10,13,15H,11-12H2,1-2H3,(H,23,28)/t13-,15-/m1/s1. The van der Waals surface area contributed by atoms with Crippen molar-refractivity contribution in [3.63, 3.8) is 0 Å². The van der Waals surface area contributed by atoms with Crippen LogP contribution >= 0.6 is 0 Å². The number of carbonyl (C=O) groups excluding carboxylic acids is 4. The SMILES string of the molecule is COc1ccc(C(=O)[C@@H](C)OC(=O)[C@@H]2CC(=O)N(NC(=O)c3ccccc3[N+](=O)[O-])C2)cc1. The molecule has 33 heavy (non-hydrogen) atoms. The predicted octanol–water partition coefficient (Wildman–Crippen LogP) is 1.91. The minimum atomic E-state index is -1.09. The Bertz CT molecular complexity index is 1100. The van der Waals surface area contributed by atoms with Crippen molar-refractivity contribution < 1.29 is 33.6 Å². The molecular weight excluding hydrogens is 434 g/mol. The number of nitro benzene ring substituents is 1. The molecule has 0 aliphatic carbocycles. The number of methoxy groups -OCH3 is 1. The van der Waals surface area contributed by atoms with Crippen molar-refractivity contribution in [1.29, 1.82) is 0 Å². The average Bonchev–Trinajstić information content (AvgIpc) is 3.18. The molecule has 2 amide bonds. The van der Waals surface area contributed by atoms with Crippen LogP contribution in [0.3, 0.4) is 0 Å². The second kappa shape index (κ2) is 9.90. The number of benzene rings is 2. The lowest BCUT2D eigenvalue weighted by molar-refractivity contribution is -0.385. The number of nitrogens with zero attached hydrogens (tertiary/aromatic N) is 2. The van der Waals surface area contributed by atoms with Crippen molar-refractivity contribution in [3.05, 3.63) is 69.8 Å². The minimum Gasteiger partial charge on any atom is -0.497 e. The maximum Gasteiger partial charge on any atom is 0.312 e. The molecule has 1 aliphatic heterocycles. The van der Waals surface area contributed by atoms with Gasteiger partial charge in [0, 0.05) is 18.1 Å². The van der Waals surface area contributed by atoms with Crippen LogP contribution < -0.4 is 10.2 Å². The van der Waals surface area contributed by atoms with Crippen LogP contribution in [0.15, 0.2) is 48.5 Å². The fourth-order valence-electron chi connectivity index (χ4n) is 3.30. The van der Waals surface area contributed by atoms with E-state index in [-0.39, 0.29) is 18.5 Å². The van der Waals surface area contributed by atoms with E-state index < -0.39 is 46.2 Å². The highest BCUT2D eigenvalue weighted by Crippen LogP contribution is 2.22. The first-order valence-electron chi connectivity index (χ1n) is 9.94. The molecular formula is C22H21N3O8. The third-order valence-electron chi connectivity index (χ3n) is 5.08. The Labute approximate surface area is 188 Å². The summed E-state index contributed by atoms with van der Waals surface area (Å²) in [6, 6.07) is 11.6. The van der Waals surface area contributed by atoms with E-state index in [2.05, 4.69) is 5.43 Å². The van der Waals surface area contributed by atoms with E-state index in [0.29, 0.717) is 11.3 Å². The van der Waals surface area contributed by atoms with Crippen LogP contribution in [0.2, 0.25) is 0 Å². The van der Waals surface area contributed by atoms with Crippen LogP contribution in [-0.2, 0) is 14.3 Å². The summed E-state index contributed by atoms with van der Waals surface area (Å²) in [5.74, 6) is -2.93. The highest BCUT2D eigenvalue weighted by molar-refractivity contribution is 6.01. The topological polar surface area (TPSA) is 145 Å². The van der Waals surface area contributed by atoms with Crippen LogP contribution in [0.1, 0.15) is 34.1 Å². The summed E-state index contributed by atoms with van der Waals surface area (Å²) in [5.41, 5.74) is 1.99. The smallest absolute Gasteiger partial charge is 0.312 e. The first kappa shape index (κ1) is 23.4. The van der Waals surface area contributed by atoms with Gasteiger partial charge < -0.3 is 9.47 Å². The van der Waals surface area contributed by atoms with E-state index >= 15 is 0 Å². The van der Waals surface area contributed by atoms with Gasteiger partial charge in [0.1, 0.15) is 11.3 Å². The van der Waals surface area contributed by atoms with Crippen molar-refractivity contribution in [2.24, 2.45) is 5.92 Å². The van der Waals surface area contributed by atoms with E-state index in [9.17, 15) is 29.3 Å². The van der Waals surface area contributed by atoms with Gasteiger partial charge in [-0.15, -0.1) is 0 Å². The van der Waals surface area contributed by atoms with E-state index in [1.54, 1.807) is 24.3 Å². The monoisotopic (exact) mass is 455 g/mol. The van der Waals surface area contributed by atoms with Gasteiger partial charge in [-0.3, -0.25) is 39.7 Å². The molecule has 1 N–H and O–H groups in total. The Balaban J connectivity index is 1.60. The van der Waals surface area contributed by atoms with Crippen LogP contribution in [0.25, 0.3) is 0 Å². The summed E-state index contributed by atoms with van der Waals surface area (Å²) in [7, 11) is 1.50. The summed E-state index contributed by atoms with van der Waals surface area (Å²) in [6.07, 6.45) is -1.32. The van der Waals surface area contributed by atoms with Crippen molar-refractivity contribution in [2.45, 2.75) is 19.4 Å². The molecule has 1 fully saturated rings. The summed E-state index contributed by atoms with van der Waals surface area (Å²) in [6.45, 7) is 1.24. The molecule has 0 aromatic heterocycles. The maximum atomic E-state index is 12.5. The van der Waals surface area contributed by atoms with Gasteiger partial charge in [-0.25, -0.2) is 0 Å². The van der Waals surface area contributed by atoms with Crippen LogP contribution in [0.5, 0.6) is 5.75 Å². The minimum absolute atomic E-state index is 0.187. The molecule has 0 radical (unpaired) electrons. The zero-order chi connectivity index (χ0) is 24.1. The van der Waals surface area contributed by atoms with Crippen molar-refractivity contribution >= 4 is 29.3 Å². The summed E-state index contributed by atoms with van der Waals surface area (Å²) >= 11 is 0. The van der Waals surface area contributed by atoms with Crippen molar-refractivity contribution in [3.8, 4) is 5.75 Å². The third kappa shape index (κ3) is 5.32. The average molecular weight is 455 g/mol. The molecule has 1 aliphatic rings. The Morgan fingerprint density at radius 3 is 2.45 bits per heavy atom. The second-order valence-electron chi connectivity index (χ2n) is 7.29. The fraction of sp³-hybridized carbons (Fsp3) is 0.273. The van der Waals surface area contributed by atoms with E-state index in [1.807, 2.05) is 0 Å². The third-order valence-corrected chi connectivity index (χ3v) is 5.08. The molecule has 11 heteroatoms. The first-order chi connectivity index (χ1) is 15.7. The molecule has 2 aromatic rings.